The normalized spacial score (nSPS) is 14.4. The third-order valence-electron chi connectivity index (χ3n) is 4.23. The second-order valence-electron chi connectivity index (χ2n) is 6.71. The van der Waals surface area contributed by atoms with Crippen molar-refractivity contribution < 1.29 is 14.0 Å². The Morgan fingerprint density at radius 3 is 3.04 bits per heavy atom. The van der Waals surface area contributed by atoms with Gasteiger partial charge in [-0.15, -0.1) is 11.3 Å². The average Bonchev–Trinajstić information content (AvgIpc) is 2.93. The first-order valence-electron chi connectivity index (χ1n) is 8.18. The van der Waals surface area contributed by atoms with E-state index in [0.717, 1.165) is 17.7 Å². The van der Waals surface area contributed by atoms with Crippen LogP contribution in [0.15, 0.2) is 24.4 Å². The molecule has 0 atom stereocenters. The number of nitrogens with one attached hydrogen (secondary N) is 2. The predicted molar refractivity (Wildman–Crippen MR) is 94.5 cm³/mol. The number of carbonyl (C=O) groups excluding carboxylic acids is 2. The number of hydrogen-bond acceptors (Lipinski definition) is 4. The van der Waals surface area contributed by atoms with E-state index in [4.69, 9.17) is 0 Å². The molecule has 2 amide bonds. The van der Waals surface area contributed by atoms with Crippen LogP contribution in [0.3, 0.4) is 0 Å². The summed E-state index contributed by atoms with van der Waals surface area (Å²) in [5.41, 5.74) is 0.256. The van der Waals surface area contributed by atoms with Crippen molar-refractivity contribution in [2.24, 2.45) is 0 Å². The summed E-state index contributed by atoms with van der Waals surface area (Å²) in [5.74, 6) is -0.768. The number of carbonyl (C=O) groups is 2. The summed E-state index contributed by atoms with van der Waals surface area (Å²) in [6, 6.07) is 4.54. The van der Waals surface area contributed by atoms with Crippen molar-refractivity contribution in [1.29, 1.82) is 0 Å². The molecule has 3 heterocycles. The molecule has 0 fully saturated rings. The molecule has 0 aromatic carbocycles. The molecular weight excluding hydrogens is 341 g/mol. The fraction of sp³-hybridized carbons (Fsp3) is 0.389. The van der Waals surface area contributed by atoms with Gasteiger partial charge in [-0.2, -0.15) is 0 Å². The highest BCUT2D eigenvalue weighted by Crippen LogP contribution is 2.26. The van der Waals surface area contributed by atoms with Gasteiger partial charge in [-0.3, -0.25) is 14.6 Å². The van der Waals surface area contributed by atoms with E-state index in [9.17, 15) is 14.0 Å². The van der Waals surface area contributed by atoms with Gasteiger partial charge in [-0.1, -0.05) is 13.8 Å². The first kappa shape index (κ1) is 17.5. The lowest BCUT2D eigenvalue weighted by Crippen LogP contribution is -2.37. The molecule has 2 aromatic heterocycles. The second-order valence-corrected chi connectivity index (χ2v) is 7.84. The molecule has 5 nitrogen and oxygen atoms in total. The molecule has 0 radical (unpaired) electrons. The molecule has 0 spiro atoms. The molecule has 0 bridgehead atoms. The van der Waals surface area contributed by atoms with E-state index < -0.39 is 5.41 Å². The molecule has 0 unspecified atom stereocenters. The van der Waals surface area contributed by atoms with Crippen molar-refractivity contribution in [3.63, 3.8) is 0 Å². The molecule has 25 heavy (non-hydrogen) atoms. The van der Waals surface area contributed by atoms with Gasteiger partial charge in [0, 0.05) is 29.6 Å². The number of thiophene rings is 1. The Hall–Kier alpha value is -2.28. The molecule has 1 aliphatic rings. The molecule has 132 valence electrons. The van der Waals surface area contributed by atoms with Gasteiger partial charge >= 0.3 is 0 Å². The van der Waals surface area contributed by atoms with Crippen LogP contribution < -0.4 is 10.6 Å². The monoisotopic (exact) mass is 361 g/mol. The van der Waals surface area contributed by atoms with Crippen molar-refractivity contribution in [3.8, 4) is 0 Å². The van der Waals surface area contributed by atoms with Gasteiger partial charge in [0.1, 0.15) is 5.82 Å². The molecule has 0 saturated carbocycles. The van der Waals surface area contributed by atoms with Crippen LogP contribution in [0.25, 0.3) is 0 Å². The summed E-state index contributed by atoms with van der Waals surface area (Å²) in [6.07, 6.45) is 3.19. The fourth-order valence-electron chi connectivity index (χ4n) is 2.82. The third kappa shape index (κ3) is 3.71. The Morgan fingerprint density at radius 1 is 1.48 bits per heavy atom. The molecule has 2 aromatic rings. The van der Waals surface area contributed by atoms with Crippen LogP contribution in [0.1, 0.15) is 50.9 Å². The highest BCUT2D eigenvalue weighted by Gasteiger charge is 2.27. The highest BCUT2D eigenvalue weighted by molar-refractivity contribution is 7.14. The number of aromatic nitrogens is 1. The van der Waals surface area contributed by atoms with Gasteiger partial charge in [0.2, 0.25) is 0 Å². The molecule has 3 rings (SSSR count). The summed E-state index contributed by atoms with van der Waals surface area (Å²) in [4.78, 5) is 30.0. The lowest BCUT2D eigenvalue weighted by molar-refractivity contribution is 0.0948. The molecule has 0 aliphatic carbocycles. The summed E-state index contributed by atoms with van der Waals surface area (Å²) >= 11 is 1.35. The van der Waals surface area contributed by atoms with Crippen LogP contribution in [0, 0.1) is 5.82 Å². The lowest BCUT2D eigenvalue weighted by atomic mass is 9.88. The molecule has 7 heteroatoms. The SMILES string of the molecule is CC(C)(CNC(=O)c1cc2c(s1)CCCNC2=O)c1ncccc1F. The number of halogens is 1. The number of nitrogens with zero attached hydrogens (tertiary/aromatic N) is 1. The first-order valence-corrected chi connectivity index (χ1v) is 9.00. The van der Waals surface area contributed by atoms with Crippen LogP contribution >= 0.6 is 11.3 Å². The van der Waals surface area contributed by atoms with E-state index in [1.54, 1.807) is 6.07 Å². The van der Waals surface area contributed by atoms with Crippen molar-refractivity contribution in [2.45, 2.75) is 32.1 Å². The van der Waals surface area contributed by atoms with Gasteiger partial charge in [0.15, 0.2) is 0 Å². The standard InChI is InChI=1S/C18H20FN3O2S/c1-18(2,15-12(19)5-3-7-20-15)10-22-17(24)14-9-11-13(25-14)6-4-8-21-16(11)23/h3,5,7,9H,4,6,8,10H2,1-2H3,(H,21,23)(H,22,24). The summed E-state index contributed by atoms with van der Waals surface area (Å²) in [5, 5.41) is 5.66. The van der Waals surface area contributed by atoms with E-state index in [1.165, 1.54) is 29.7 Å². The van der Waals surface area contributed by atoms with E-state index >= 15 is 0 Å². The van der Waals surface area contributed by atoms with Crippen LogP contribution in [-0.4, -0.2) is 29.9 Å². The summed E-state index contributed by atoms with van der Waals surface area (Å²) in [7, 11) is 0. The van der Waals surface area contributed by atoms with Crippen molar-refractivity contribution in [1.82, 2.24) is 15.6 Å². The molecule has 0 saturated heterocycles. The van der Waals surface area contributed by atoms with Crippen molar-refractivity contribution >= 4 is 23.2 Å². The Labute approximate surface area is 149 Å². The number of fused-ring (bicyclic) bond motifs is 1. The molecular formula is C18H20FN3O2S. The quantitative estimate of drug-likeness (QED) is 0.879. The molecule has 2 N–H and O–H groups in total. The van der Waals surface area contributed by atoms with Gasteiger partial charge in [-0.05, 0) is 31.0 Å². The zero-order chi connectivity index (χ0) is 18.0. The predicted octanol–water partition coefficient (Wildman–Crippen LogP) is 2.67. The Kier molecular flexibility index (Phi) is 4.85. The Balaban J connectivity index is 1.72. The zero-order valence-corrected chi connectivity index (χ0v) is 15.0. The third-order valence-corrected chi connectivity index (χ3v) is 5.43. The maximum absolute atomic E-state index is 14.0. The van der Waals surface area contributed by atoms with Crippen LogP contribution in [-0.2, 0) is 11.8 Å². The highest BCUT2D eigenvalue weighted by atomic mass is 32.1. The fourth-order valence-corrected chi connectivity index (χ4v) is 3.94. The smallest absolute Gasteiger partial charge is 0.261 e. The largest absolute Gasteiger partial charge is 0.352 e. The Bertz CT molecular complexity index is 816. The summed E-state index contributed by atoms with van der Waals surface area (Å²) in [6.45, 7) is 4.56. The van der Waals surface area contributed by atoms with Crippen LogP contribution in [0.5, 0.6) is 0 Å². The van der Waals surface area contributed by atoms with Crippen molar-refractivity contribution in [2.75, 3.05) is 13.1 Å². The number of pyridine rings is 1. The minimum Gasteiger partial charge on any atom is -0.352 e. The Morgan fingerprint density at radius 2 is 2.28 bits per heavy atom. The topological polar surface area (TPSA) is 71.1 Å². The van der Waals surface area contributed by atoms with Crippen LogP contribution in [0.2, 0.25) is 0 Å². The molecule has 1 aliphatic heterocycles. The second kappa shape index (κ2) is 6.92. The average molecular weight is 361 g/mol. The number of hydrogen-bond donors (Lipinski definition) is 2. The van der Waals surface area contributed by atoms with E-state index in [1.807, 2.05) is 13.8 Å². The van der Waals surface area contributed by atoms with Crippen LogP contribution in [0.4, 0.5) is 4.39 Å². The minimum absolute atomic E-state index is 0.126. The lowest BCUT2D eigenvalue weighted by Gasteiger charge is -2.24. The van der Waals surface area contributed by atoms with Gasteiger partial charge < -0.3 is 10.6 Å². The van der Waals surface area contributed by atoms with Gasteiger partial charge in [0.25, 0.3) is 11.8 Å². The zero-order valence-electron chi connectivity index (χ0n) is 14.2. The number of amides is 2. The van der Waals surface area contributed by atoms with Gasteiger partial charge in [0.05, 0.1) is 16.1 Å². The van der Waals surface area contributed by atoms with E-state index in [0.29, 0.717) is 22.7 Å². The number of rotatable bonds is 4. The van der Waals surface area contributed by atoms with Crippen molar-refractivity contribution in [3.05, 3.63) is 51.2 Å². The van der Waals surface area contributed by atoms with E-state index in [-0.39, 0.29) is 24.2 Å². The maximum atomic E-state index is 14.0. The maximum Gasteiger partial charge on any atom is 0.261 e. The van der Waals surface area contributed by atoms with E-state index in [2.05, 4.69) is 15.6 Å². The first-order chi connectivity index (χ1) is 11.9. The van der Waals surface area contributed by atoms with Gasteiger partial charge in [-0.25, -0.2) is 4.39 Å². The summed E-state index contributed by atoms with van der Waals surface area (Å²) < 4.78 is 14.0. The number of aryl methyl sites for hydroxylation is 1. The minimum atomic E-state index is -0.646.